The molecular formula is C13H20N4O4S2. The molecule has 2 rings (SSSR count). The summed E-state index contributed by atoms with van der Waals surface area (Å²) in [5, 5.41) is 2.45. The average Bonchev–Trinajstić information content (AvgIpc) is 3.03. The van der Waals surface area contributed by atoms with Crippen LogP contribution in [-0.4, -0.2) is 79.7 Å². The van der Waals surface area contributed by atoms with Crippen molar-refractivity contribution in [1.82, 2.24) is 19.5 Å². The Morgan fingerprint density at radius 1 is 1.35 bits per heavy atom. The zero-order valence-electron chi connectivity index (χ0n) is 13.0. The lowest BCUT2D eigenvalue weighted by Crippen LogP contribution is -2.37. The Morgan fingerprint density at radius 2 is 2.00 bits per heavy atom. The van der Waals surface area contributed by atoms with Crippen LogP contribution in [0.25, 0.3) is 0 Å². The first-order chi connectivity index (χ1) is 10.8. The van der Waals surface area contributed by atoms with E-state index in [0.29, 0.717) is 13.1 Å². The quantitative estimate of drug-likeness (QED) is 0.742. The van der Waals surface area contributed by atoms with E-state index in [9.17, 15) is 18.0 Å². The molecule has 0 aromatic carbocycles. The topological polar surface area (TPSA) is 103 Å². The van der Waals surface area contributed by atoms with Crippen LogP contribution in [-0.2, 0) is 14.8 Å². The van der Waals surface area contributed by atoms with Gasteiger partial charge in [-0.05, 0) is 6.07 Å². The molecule has 0 radical (unpaired) electrons. The van der Waals surface area contributed by atoms with Crippen molar-refractivity contribution in [2.24, 2.45) is 0 Å². The van der Waals surface area contributed by atoms with Gasteiger partial charge < -0.3 is 15.2 Å². The van der Waals surface area contributed by atoms with Crippen LogP contribution in [0.1, 0.15) is 10.5 Å². The number of likely N-dealkylation sites (N-methyl/N-ethyl adjacent to an activating group) is 1. The third-order valence-corrected chi connectivity index (χ3v) is 6.23. The number of thioether (sulfide) groups is 1. The number of H-pyrrole nitrogens is 1. The molecule has 1 saturated heterocycles. The van der Waals surface area contributed by atoms with Crippen LogP contribution in [0.15, 0.2) is 17.2 Å². The minimum Gasteiger partial charge on any atom is -0.356 e. The molecule has 23 heavy (non-hydrogen) atoms. The van der Waals surface area contributed by atoms with Crippen LogP contribution >= 0.6 is 11.8 Å². The highest BCUT2D eigenvalue weighted by molar-refractivity contribution is 7.99. The highest BCUT2D eigenvalue weighted by Crippen LogP contribution is 2.20. The molecule has 10 heteroatoms. The van der Waals surface area contributed by atoms with Crippen molar-refractivity contribution in [2.45, 2.75) is 4.90 Å². The third-order valence-electron chi connectivity index (χ3n) is 3.41. The first kappa shape index (κ1) is 17.8. The average molecular weight is 360 g/mol. The number of carbonyl (C=O) groups is 2. The zero-order valence-corrected chi connectivity index (χ0v) is 14.7. The van der Waals surface area contributed by atoms with Gasteiger partial charge in [0.1, 0.15) is 10.6 Å². The molecule has 2 amide bonds. The highest BCUT2D eigenvalue weighted by Gasteiger charge is 2.27. The number of aromatic nitrogens is 1. The summed E-state index contributed by atoms with van der Waals surface area (Å²) >= 11 is 1.72. The molecule has 2 N–H and O–H groups in total. The fourth-order valence-corrected chi connectivity index (χ4v) is 4.57. The summed E-state index contributed by atoms with van der Waals surface area (Å²) in [6.07, 6.45) is 1.31. The number of amides is 2. The van der Waals surface area contributed by atoms with Crippen molar-refractivity contribution in [2.75, 3.05) is 45.2 Å². The molecular weight excluding hydrogens is 340 g/mol. The lowest BCUT2D eigenvalue weighted by Gasteiger charge is -2.24. The first-order valence-corrected chi connectivity index (χ1v) is 9.66. The van der Waals surface area contributed by atoms with E-state index in [4.69, 9.17) is 0 Å². The SMILES string of the molecule is CN(C)C(=O)CNC(=O)c1cc(S(=O)(=O)N2CCSCC2)c[nH]1. The molecule has 2 heterocycles. The Kier molecular flexibility index (Phi) is 5.71. The number of hydrogen-bond donors (Lipinski definition) is 2. The van der Waals surface area contributed by atoms with Gasteiger partial charge in [-0.25, -0.2) is 8.42 Å². The maximum absolute atomic E-state index is 12.5. The van der Waals surface area contributed by atoms with E-state index in [1.807, 2.05) is 0 Å². The van der Waals surface area contributed by atoms with Crippen molar-refractivity contribution in [3.05, 3.63) is 18.0 Å². The second-order valence-electron chi connectivity index (χ2n) is 5.24. The van der Waals surface area contributed by atoms with Crippen LogP contribution in [0.2, 0.25) is 0 Å². The highest BCUT2D eigenvalue weighted by atomic mass is 32.2. The van der Waals surface area contributed by atoms with Gasteiger partial charge in [0.25, 0.3) is 5.91 Å². The van der Waals surface area contributed by atoms with Gasteiger partial charge in [-0.3, -0.25) is 9.59 Å². The van der Waals surface area contributed by atoms with Crippen molar-refractivity contribution in [3.8, 4) is 0 Å². The van der Waals surface area contributed by atoms with Gasteiger partial charge in [-0.15, -0.1) is 0 Å². The van der Waals surface area contributed by atoms with E-state index < -0.39 is 15.9 Å². The summed E-state index contributed by atoms with van der Waals surface area (Å²) in [7, 11) is -0.410. The summed E-state index contributed by atoms with van der Waals surface area (Å²) in [4.78, 5) is 27.5. The molecule has 0 unspecified atom stereocenters. The molecule has 1 fully saturated rings. The predicted octanol–water partition coefficient (Wildman–Crippen LogP) is -0.430. The number of aromatic amines is 1. The minimum atomic E-state index is -3.59. The lowest BCUT2D eigenvalue weighted by atomic mass is 10.4. The summed E-state index contributed by atoms with van der Waals surface area (Å²) in [6.45, 7) is 0.796. The summed E-state index contributed by atoms with van der Waals surface area (Å²) in [6, 6.07) is 1.30. The molecule has 0 spiro atoms. The molecule has 0 saturated carbocycles. The van der Waals surface area contributed by atoms with Gasteiger partial charge in [-0.2, -0.15) is 16.1 Å². The number of rotatable bonds is 5. The first-order valence-electron chi connectivity index (χ1n) is 7.07. The molecule has 1 aliphatic heterocycles. The van der Waals surface area contributed by atoms with Gasteiger partial charge >= 0.3 is 0 Å². The van der Waals surface area contributed by atoms with Gasteiger partial charge in [0.15, 0.2) is 0 Å². The molecule has 1 aromatic heterocycles. The van der Waals surface area contributed by atoms with E-state index in [0.717, 1.165) is 11.5 Å². The predicted molar refractivity (Wildman–Crippen MR) is 87.9 cm³/mol. The smallest absolute Gasteiger partial charge is 0.268 e. The van der Waals surface area contributed by atoms with Crippen molar-refractivity contribution in [3.63, 3.8) is 0 Å². The van der Waals surface area contributed by atoms with E-state index in [1.54, 1.807) is 25.9 Å². The maximum atomic E-state index is 12.5. The van der Waals surface area contributed by atoms with Crippen LogP contribution < -0.4 is 5.32 Å². The van der Waals surface area contributed by atoms with Gasteiger partial charge in [-0.1, -0.05) is 0 Å². The maximum Gasteiger partial charge on any atom is 0.268 e. The Morgan fingerprint density at radius 3 is 2.61 bits per heavy atom. The number of nitrogens with zero attached hydrogens (tertiary/aromatic N) is 2. The van der Waals surface area contributed by atoms with Gasteiger partial charge in [0, 0.05) is 44.9 Å². The fourth-order valence-electron chi connectivity index (χ4n) is 2.00. The summed E-state index contributed by atoms with van der Waals surface area (Å²) < 4.78 is 26.4. The van der Waals surface area contributed by atoms with Crippen molar-refractivity contribution >= 4 is 33.6 Å². The summed E-state index contributed by atoms with van der Waals surface area (Å²) in [5.41, 5.74) is 0.113. The molecule has 0 bridgehead atoms. The largest absolute Gasteiger partial charge is 0.356 e. The summed E-state index contributed by atoms with van der Waals surface area (Å²) in [5.74, 6) is 0.771. The standard InChI is InChI=1S/C13H20N4O4S2/c1-16(2)12(18)9-15-13(19)11-7-10(8-14-11)23(20,21)17-3-5-22-6-4-17/h7-8,14H,3-6,9H2,1-2H3,(H,15,19). The Bertz CT molecular complexity index is 678. The normalized spacial score (nSPS) is 16.1. The van der Waals surface area contributed by atoms with Crippen molar-refractivity contribution < 1.29 is 18.0 Å². The second-order valence-corrected chi connectivity index (χ2v) is 8.40. The van der Waals surface area contributed by atoms with E-state index in [2.05, 4.69) is 10.3 Å². The zero-order chi connectivity index (χ0) is 17.0. The molecule has 1 aliphatic rings. The Balaban J connectivity index is 2.04. The van der Waals surface area contributed by atoms with Crippen LogP contribution in [0.4, 0.5) is 0 Å². The van der Waals surface area contributed by atoms with Crippen molar-refractivity contribution in [1.29, 1.82) is 0 Å². The van der Waals surface area contributed by atoms with Crippen LogP contribution in [0, 0.1) is 0 Å². The number of carbonyl (C=O) groups excluding carboxylic acids is 2. The number of sulfonamides is 1. The minimum absolute atomic E-state index is 0.0634. The molecule has 0 aliphatic carbocycles. The number of nitrogens with one attached hydrogen (secondary N) is 2. The second kappa shape index (κ2) is 7.37. The van der Waals surface area contributed by atoms with Crippen LogP contribution in [0.5, 0.6) is 0 Å². The molecule has 8 nitrogen and oxygen atoms in total. The molecule has 0 atom stereocenters. The van der Waals surface area contributed by atoms with Gasteiger partial charge in [0.05, 0.1) is 6.54 Å². The van der Waals surface area contributed by atoms with Gasteiger partial charge in [0.2, 0.25) is 15.9 Å². The van der Waals surface area contributed by atoms with E-state index in [-0.39, 0.29) is 23.0 Å². The fraction of sp³-hybridized carbons (Fsp3) is 0.538. The molecule has 1 aromatic rings. The van der Waals surface area contributed by atoms with E-state index >= 15 is 0 Å². The lowest BCUT2D eigenvalue weighted by molar-refractivity contribution is -0.127. The van der Waals surface area contributed by atoms with E-state index in [1.165, 1.54) is 21.5 Å². The Hall–Kier alpha value is -1.52. The molecule has 128 valence electrons. The Labute approximate surface area is 139 Å². The third kappa shape index (κ3) is 4.27. The monoisotopic (exact) mass is 360 g/mol. The van der Waals surface area contributed by atoms with Crippen LogP contribution in [0.3, 0.4) is 0 Å². The number of hydrogen-bond acceptors (Lipinski definition) is 5.